The Morgan fingerprint density at radius 2 is 2.38 bits per heavy atom. The SMILES string of the molecule is CC1CCCN(Cc2csc(NC(=O)c3ccc([N+](=O)[O-])s3)n2)C1. The maximum Gasteiger partial charge on any atom is 0.324 e. The first-order chi connectivity index (χ1) is 11.5. The molecule has 1 amide bonds. The molecule has 1 unspecified atom stereocenters. The highest BCUT2D eigenvalue weighted by molar-refractivity contribution is 7.17. The molecule has 3 heterocycles. The van der Waals surface area contributed by atoms with Crippen molar-refractivity contribution in [1.29, 1.82) is 0 Å². The maximum atomic E-state index is 12.1. The van der Waals surface area contributed by atoms with Crippen molar-refractivity contribution >= 4 is 38.7 Å². The Kier molecular flexibility index (Phi) is 5.22. The molecule has 1 saturated heterocycles. The maximum absolute atomic E-state index is 12.1. The standard InChI is InChI=1S/C15H18N4O3S2/c1-10-3-2-6-18(7-10)8-11-9-23-15(16-11)17-14(20)12-4-5-13(24-12)19(21)22/h4-5,9-10H,2-3,6-8H2,1H3,(H,16,17,20). The number of nitrogens with one attached hydrogen (secondary N) is 1. The number of thiazole rings is 1. The van der Waals surface area contributed by atoms with Crippen LogP contribution in [0.2, 0.25) is 0 Å². The molecule has 7 nitrogen and oxygen atoms in total. The number of amides is 1. The van der Waals surface area contributed by atoms with E-state index in [-0.39, 0.29) is 10.9 Å². The van der Waals surface area contributed by atoms with E-state index in [4.69, 9.17) is 0 Å². The Morgan fingerprint density at radius 3 is 3.08 bits per heavy atom. The van der Waals surface area contributed by atoms with Gasteiger partial charge < -0.3 is 0 Å². The third-order valence-corrected chi connectivity index (χ3v) is 5.74. The number of anilines is 1. The second-order valence-electron chi connectivity index (χ2n) is 5.98. The molecule has 0 aliphatic carbocycles. The molecule has 2 aromatic heterocycles. The van der Waals surface area contributed by atoms with Crippen LogP contribution in [0.1, 0.15) is 35.1 Å². The summed E-state index contributed by atoms with van der Waals surface area (Å²) in [5.74, 6) is 0.353. The number of rotatable bonds is 5. The first-order valence-electron chi connectivity index (χ1n) is 7.73. The van der Waals surface area contributed by atoms with Gasteiger partial charge in [0.2, 0.25) is 0 Å². The molecular weight excluding hydrogens is 348 g/mol. The Labute approximate surface area is 147 Å². The molecule has 1 atom stereocenters. The summed E-state index contributed by atoms with van der Waals surface area (Å²) in [6, 6.07) is 2.80. The number of nitrogens with zero attached hydrogens (tertiary/aromatic N) is 3. The van der Waals surface area contributed by atoms with E-state index >= 15 is 0 Å². The topological polar surface area (TPSA) is 88.4 Å². The van der Waals surface area contributed by atoms with Crippen molar-refractivity contribution in [3.8, 4) is 0 Å². The summed E-state index contributed by atoms with van der Waals surface area (Å²) in [5, 5.41) is 15.8. The van der Waals surface area contributed by atoms with Crippen molar-refractivity contribution in [2.45, 2.75) is 26.3 Å². The minimum Gasteiger partial charge on any atom is -0.297 e. The fourth-order valence-corrected chi connectivity index (χ4v) is 4.22. The van der Waals surface area contributed by atoms with Gasteiger partial charge >= 0.3 is 5.00 Å². The first kappa shape index (κ1) is 17.0. The molecule has 1 aliphatic heterocycles. The number of nitro groups is 1. The largest absolute Gasteiger partial charge is 0.324 e. The van der Waals surface area contributed by atoms with Crippen LogP contribution in [0.3, 0.4) is 0 Å². The van der Waals surface area contributed by atoms with E-state index in [9.17, 15) is 14.9 Å². The highest BCUT2D eigenvalue weighted by Gasteiger charge is 2.19. The zero-order chi connectivity index (χ0) is 17.1. The lowest BCUT2D eigenvalue weighted by Gasteiger charge is -2.30. The lowest BCUT2D eigenvalue weighted by atomic mass is 10.0. The average molecular weight is 366 g/mol. The second-order valence-corrected chi connectivity index (χ2v) is 7.90. The van der Waals surface area contributed by atoms with E-state index < -0.39 is 4.92 Å². The number of thiophene rings is 1. The number of carbonyl (C=O) groups is 1. The van der Waals surface area contributed by atoms with Gasteiger partial charge in [0, 0.05) is 24.5 Å². The van der Waals surface area contributed by atoms with Crippen molar-refractivity contribution in [3.63, 3.8) is 0 Å². The molecule has 1 N–H and O–H groups in total. The summed E-state index contributed by atoms with van der Waals surface area (Å²) in [6.07, 6.45) is 2.49. The van der Waals surface area contributed by atoms with Gasteiger partial charge in [-0.3, -0.25) is 25.1 Å². The van der Waals surface area contributed by atoms with Gasteiger partial charge in [-0.15, -0.1) is 11.3 Å². The lowest BCUT2D eigenvalue weighted by molar-refractivity contribution is -0.380. The highest BCUT2D eigenvalue weighted by atomic mass is 32.1. The molecule has 128 valence electrons. The van der Waals surface area contributed by atoms with Gasteiger partial charge in [0.05, 0.1) is 15.5 Å². The number of hydrogen-bond donors (Lipinski definition) is 1. The molecule has 0 spiro atoms. The summed E-state index contributed by atoms with van der Waals surface area (Å²) in [6.45, 7) is 5.22. The quantitative estimate of drug-likeness (QED) is 0.645. The van der Waals surface area contributed by atoms with Crippen molar-refractivity contribution in [3.05, 3.63) is 38.2 Å². The molecule has 0 saturated carbocycles. The summed E-state index contributed by atoms with van der Waals surface area (Å²) in [4.78, 5) is 29.5. The normalized spacial score (nSPS) is 18.5. The van der Waals surface area contributed by atoms with E-state index in [1.54, 1.807) is 0 Å². The number of hydrogen-bond acceptors (Lipinski definition) is 7. The van der Waals surface area contributed by atoms with Gasteiger partial charge in [-0.05, 0) is 31.4 Å². The molecule has 0 bridgehead atoms. The summed E-state index contributed by atoms with van der Waals surface area (Å²) >= 11 is 2.24. The van der Waals surface area contributed by atoms with Crippen LogP contribution in [0.4, 0.5) is 10.1 Å². The van der Waals surface area contributed by atoms with Gasteiger partial charge in [0.25, 0.3) is 5.91 Å². The van der Waals surface area contributed by atoms with Crippen molar-refractivity contribution in [2.75, 3.05) is 18.4 Å². The zero-order valence-corrected chi connectivity index (χ0v) is 14.9. The van der Waals surface area contributed by atoms with Crippen LogP contribution in [0.25, 0.3) is 0 Å². The summed E-state index contributed by atoms with van der Waals surface area (Å²) in [5.41, 5.74) is 0.946. The molecule has 1 aliphatic rings. The monoisotopic (exact) mass is 366 g/mol. The fraction of sp³-hybridized carbons (Fsp3) is 0.467. The molecule has 9 heteroatoms. The van der Waals surface area contributed by atoms with Crippen molar-refractivity contribution in [2.24, 2.45) is 5.92 Å². The van der Waals surface area contributed by atoms with E-state index in [1.165, 1.54) is 36.3 Å². The van der Waals surface area contributed by atoms with E-state index in [2.05, 4.69) is 22.1 Å². The Bertz CT molecular complexity index is 743. The minimum atomic E-state index is -0.497. The second kappa shape index (κ2) is 7.37. The third kappa shape index (κ3) is 4.16. The van der Waals surface area contributed by atoms with Crippen LogP contribution in [0.5, 0.6) is 0 Å². The van der Waals surface area contributed by atoms with Gasteiger partial charge in [-0.2, -0.15) is 0 Å². The first-order valence-corrected chi connectivity index (χ1v) is 9.43. The number of aromatic nitrogens is 1. The molecule has 0 radical (unpaired) electrons. The predicted molar refractivity (Wildman–Crippen MR) is 94.7 cm³/mol. The van der Waals surface area contributed by atoms with Crippen LogP contribution >= 0.6 is 22.7 Å². The highest BCUT2D eigenvalue weighted by Crippen LogP contribution is 2.26. The minimum absolute atomic E-state index is 0.0424. The Balaban J connectivity index is 1.58. The molecule has 3 rings (SSSR count). The zero-order valence-electron chi connectivity index (χ0n) is 13.2. The summed E-state index contributed by atoms with van der Waals surface area (Å²) < 4.78 is 0. The lowest BCUT2D eigenvalue weighted by Crippen LogP contribution is -2.33. The molecule has 1 fully saturated rings. The van der Waals surface area contributed by atoms with E-state index in [0.29, 0.717) is 15.9 Å². The molecule has 0 aromatic carbocycles. The third-order valence-electron chi connectivity index (χ3n) is 3.89. The molecule has 24 heavy (non-hydrogen) atoms. The van der Waals surface area contributed by atoms with Gasteiger partial charge in [-0.1, -0.05) is 18.3 Å². The Hall–Kier alpha value is -1.84. The van der Waals surface area contributed by atoms with Gasteiger partial charge in [0.15, 0.2) is 5.13 Å². The number of carbonyl (C=O) groups excluding carboxylic acids is 1. The van der Waals surface area contributed by atoms with E-state index in [0.717, 1.165) is 36.7 Å². The smallest absolute Gasteiger partial charge is 0.297 e. The van der Waals surface area contributed by atoms with Crippen LogP contribution in [-0.4, -0.2) is 33.8 Å². The summed E-state index contributed by atoms with van der Waals surface area (Å²) in [7, 11) is 0. The van der Waals surface area contributed by atoms with Gasteiger partial charge in [-0.25, -0.2) is 4.98 Å². The number of piperidine rings is 1. The average Bonchev–Trinajstić information content (AvgIpc) is 3.17. The van der Waals surface area contributed by atoms with Crippen molar-refractivity contribution < 1.29 is 9.72 Å². The van der Waals surface area contributed by atoms with Crippen LogP contribution in [0, 0.1) is 16.0 Å². The van der Waals surface area contributed by atoms with Crippen LogP contribution in [-0.2, 0) is 6.54 Å². The Morgan fingerprint density at radius 1 is 1.54 bits per heavy atom. The van der Waals surface area contributed by atoms with Crippen LogP contribution < -0.4 is 5.32 Å². The van der Waals surface area contributed by atoms with Gasteiger partial charge in [0.1, 0.15) is 0 Å². The number of likely N-dealkylation sites (tertiary alicyclic amines) is 1. The molecule has 2 aromatic rings. The van der Waals surface area contributed by atoms with E-state index in [1.807, 2.05) is 5.38 Å². The predicted octanol–water partition coefficient (Wildman–Crippen LogP) is 3.60. The van der Waals surface area contributed by atoms with Crippen molar-refractivity contribution in [1.82, 2.24) is 9.88 Å². The van der Waals surface area contributed by atoms with Crippen LogP contribution in [0.15, 0.2) is 17.5 Å². The fourth-order valence-electron chi connectivity index (χ4n) is 2.80. The molecular formula is C15H18N4O3S2.